The van der Waals surface area contributed by atoms with Crippen LogP contribution in [0.1, 0.15) is 35.3 Å². The number of halogens is 3. The number of hydrogen-bond donors (Lipinski definition) is 1. The molecule has 4 rings (SSSR count). The van der Waals surface area contributed by atoms with Gasteiger partial charge in [0.2, 0.25) is 0 Å². The van der Waals surface area contributed by atoms with E-state index in [1.54, 1.807) is 21.2 Å². The number of sulfonamides is 1. The van der Waals surface area contributed by atoms with Crippen LogP contribution in [0.5, 0.6) is 5.75 Å². The van der Waals surface area contributed by atoms with E-state index in [4.69, 9.17) is 9.47 Å². The van der Waals surface area contributed by atoms with Crippen molar-refractivity contribution in [1.82, 2.24) is 19.4 Å². The maximum atomic E-state index is 13.5. The Bertz CT molecular complexity index is 1530. The van der Waals surface area contributed by atoms with Gasteiger partial charge in [-0.1, -0.05) is 19.1 Å². The predicted octanol–water partition coefficient (Wildman–Crippen LogP) is 4.25. The Morgan fingerprint density at radius 2 is 1.79 bits per heavy atom. The molecule has 2 aromatic carbocycles. The van der Waals surface area contributed by atoms with Gasteiger partial charge in [0.05, 0.1) is 29.2 Å². The van der Waals surface area contributed by atoms with Crippen molar-refractivity contribution in [2.75, 3.05) is 38.6 Å². The van der Waals surface area contributed by atoms with E-state index in [0.29, 0.717) is 18.7 Å². The standard InChI is InChI=1S/C29H36F3N5O5S/c1-19-13-37(14-21-6-8-22(9-7-21)29(30,31)32)20(2)17-42-25-12-23(34-43(39,40)27-16-35(3)18-33-27)10-11-24(25)28(38)36(4)15-26(19)41-5/h6-12,16,18-20,26,34H,13-15,17H2,1-5H3/t19-,20-,26-/m1/s1. The number of carbonyl (C=O) groups is 1. The summed E-state index contributed by atoms with van der Waals surface area (Å²) in [5, 5.41) is -0.160. The molecule has 0 unspecified atom stereocenters. The minimum absolute atomic E-state index is 0.0422. The first-order valence-electron chi connectivity index (χ1n) is 13.6. The molecule has 10 nitrogen and oxygen atoms in total. The Kier molecular flexibility index (Phi) is 9.72. The minimum atomic E-state index is -4.42. The number of aromatic nitrogens is 2. The number of methoxy groups -OCH3 is 1. The van der Waals surface area contributed by atoms with Crippen molar-refractivity contribution in [2.24, 2.45) is 13.0 Å². The molecule has 2 heterocycles. The van der Waals surface area contributed by atoms with E-state index in [1.807, 2.05) is 13.8 Å². The summed E-state index contributed by atoms with van der Waals surface area (Å²) < 4.78 is 80.9. The fourth-order valence-corrected chi connectivity index (χ4v) is 5.93. The van der Waals surface area contributed by atoms with Crippen LogP contribution in [0.4, 0.5) is 18.9 Å². The number of nitrogens with zero attached hydrogens (tertiary/aromatic N) is 4. The molecule has 1 N–H and O–H groups in total. The lowest BCUT2D eigenvalue weighted by Gasteiger charge is -2.36. The molecule has 0 saturated carbocycles. The number of aryl methyl sites for hydroxylation is 1. The van der Waals surface area contributed by atoms with Crippen LogP contribution in [0.25, 0.3) is 0 Å². The average molecular weight is 624 g/mol. The summed E-state index contributed by atoms with van der Waals surface area (Å²) >= 11 is 0. The van der Waals surface area contributed by atoms with Crippen LogP contribution in [0, 0.1) is 5.92 Å². The largest absolute Gasteiger partial charge is 0.491 e. The SMILES string of the molecule is CO[C@@H]1CN(C)C(=O)c2ccc(NS(=O)(=O)c3cn(C)cn3)cc2OC[C@@H](C)N(Cc2ccc(C(F)(F)F)cc2)C[C@H]1C. The highest BCUT2D eigenvalue weighted by Crippen LogP contribution is 2.30. The summed E-state index contributed by atoms with van der Waals surface area (Å²) in [5.74, 6) is -0.181. The fraction of sp³-hybridized carbons (Fsp3) is 0.448. The normalized spacial score (nSPS) is 21.0. The van der Waals surface area contributed by atoms with E-state index < -0.39 is 21.8 Å². The van der Waals surface area contributed by atoms with Crippen molar-refractivity contribution < 1.29 is 35.9 Å². The Labute approximate surface area is 249 Å². The van der Waals surface area contributed by atoms with Crippen LogP contribution in [0.3, 0.4) is 0 Å². The van der Waals surface area contributed by atoms with Gasteiger partial charge in [0.1, 0.15) is 12.4 Å². The van der Waals surface area contributed by atoms with E-state index in [9.17, 15) is 26.4 Å². The molecule has 3 atom stereocenters. The number of imidazole rings is 1. The number of ether oxygens (including phenoxy) is 2. The van der Waals surface area contributed by atoms with Gasteiger partial charge in [0, 0.05) is 59.1 Å². The van der Waals surface area contributed by atoms with Crippen molar-refractivity contribution >= 4 is 21.6 Å². The Morgan fingerprint density at radius 1 is 1.09 bits per heavy atom. The van der Waals surface area contributed by atoms with Gasteiger partial charge in [-0.3, -0.25) is 14.4 Å². The smallest absolute Gasteiger partial charge is 0.416 e. The van der Waals surface area contributed by atoms with Gasteiger partial charge >= 0.3 is 6.18 Å². The summed E-state index contributed by atoms with van der Waals surface area (Å²) in [6.45, 7) is 5.18. The van der Waals surface area contributed by atoms with Crippen molar-refractivity contribution in [1.29, 1.82) is 0 Å². The van der Waals surface area contributed by atoms with Crippen LogP contribution < -0.4 is 9.46 Å². The minimum Gasteiger partial charge on any atom is -0.491 e. The van der Waals surface area contributed by atoms with E-state index in [1.165, 1.54) is 52.3 Å². The number of alkyl halides is 3. The summed E-state index contributed by atoms with van der Waals surface area (Å²) in [7, 11) is 0.884. The topological polar surface area (TPSA) is 106 Å². The van der Waals surface area contributed by atoms with Crippen LogP contribution in [-0.2, 0) is 34.5 Å². The maximum absolute atomic E-state index is 13.5. The zero-order valence-electron chi connectivity index (χ0n) is 24.6. The number of carbonyl (C=O) groups excluding carboxylic acids is 1. The highest BCUT2D eigenvalue weighted by molar-refractivity contribution is 7.92. The third kappa shape index (κ3) is 7.86. The van der Waals surface area contributed by atoms with Gasteiger partial charge in [-0.25, -0.2) is 4.98 Å². The molecule has 1 aliphatic heterocycles. The number of hydrogen-bond acceptors (Lipinski definition) is 7. The highest BCUT2D eigenvalue weighted by atomic mass is 32.2. The lowest BCUT2D eigenvalue weighted by atomic mass is 10.0. The molecule has 0 spiro atoms. The van der Waals surface area contributed by atoms with Gasteiger partial charge in [-0.05, 0) is 42.7 Å². The lowest BCUT2D eigenvalue weighted by molar-refractivity contribution is -0.137. The molecule has 14 heteroatoms. The molecule has 43 heavy (non-hydrogen) atoms. The molecule has 3 aromatic rings. The van der Waals surface area contributed by atoms with E-state index >= 15 is 0 Å². The number of fused-ring (bicyclic) bond motifs is 1. The number of likely N-dealkylation sites (N-methyl/N-ethyl adjacent to an activating group) is 1. The van der Waals surface area contributed by atoms with Gasteiger partial charge in [0.25, 0.3) is 15.9 Å². The monoisotopic (exact) mass is 623 g/mol. The van der Waals surface area contributed by atoms with Crippen molar-refractivity contribution in [3.8, 4) is 5.75 Å². The summed E-state index contributed by atoms with van der Waals surface area (Å²) in [6, 6.07) is 9.27. The molecule has 0 bridgehead atoms. The second-order valence-corrected chi connectivity index (χ2v) is 12.5. The zero-order valence-corrected chi connectivity index (χ0v) is 25.4. The molecule has 0 radical (unpaired) electrons. The molecular weight excluding hydrogens is 587 g/mol. The second-order valence-electron chi connectivity index (χ2n) is 10.9. The molecule has 1 aliphatic rings. The van der Waals surface area contributed by atoms with E-state index in [0.717, 1.165) is 12.1 Å². The van der Waals surface area contributed by atoms with Crippen molar-refractivity contribution in [3.63, 3.8) is 0 Å². The van der Waals surface area contributed by atoms with Crippen LogP contribution >= 0.6 is 0 Å². The average Bonchev–Trinajstić information content (AvgIpc) is 3.40. The van der Waals surface area contributed by atoms with Gasteiger partial charge in [-0.15, -0.1) is 0 Å². The van der Waals surface area contributed by atoms with Crippen LogP contribution in [-0.4, -0.2) is 79.7 Å². The lowest BCUT2D eigenvalue weighted by Crippen LogP contribution is -2.46. The molecule has 0 aliphatic carbocycles. The third-order valence-corrected chi connectivity index (χ3v) is 8.72. The molecule has 1 amide bonds. The first-order chi connectivity index (χ1) is 20.2. The summed E-state index contributed by atoms with van der Waals surface area (Å²) in [5.41, 5.74) is 0.414. The quantitative estimate of drug-likeness (QED) is 0.438. The number of nitrogens with one attached hydrogen (secondary N) is 1. The van der Waals surface area contributed by atoms with E-state index in [-0.39, 0.29) is 59.1 Å². The second kappa shape index (κ2) is 12.9. The first-order valence-corrected chi connectivity index (χ1v) is 15.1. The van der Waals surface area contributed by atoms with Gasteiger partial charge in [-0.2, -0.15) is 21.6 Å². The number of anilines is 1. The first kappa shape index (κ1) is 32.3. The Hall–Kier alpha value is -3.62. The molecular formula is C29H36F3N5O5S. The summed E-state index contributed by atoms with van der Waals surface area (Å²) in [4.78, 5) is 21.0. The van der Waals surface area contributed by atoms with Crippen molar-refractivity contribution in [2.45, 2.75) is 43.7 Å². The maximum Gasteiger partial charge on any atom is 0.416 e. The highest BCUT2D eigenvalue weighted by Gasteiger charge is 2.31. The van der Waals surface area contributed by atoms with E-state index in [2.05, 4.69) is 14.6 Å². The Balaban J connectivity index is 1.64. The number of rotatable bonds is 6. The molecule has 0 fully saturated rings. The van der Waals surface area contributed by atoms with Gasteiger partial charge < -0.3 is 18.9 Å². The van der Waals surface area contributed by atoms with Gasteiger partial charge in [0.15, 0.2) is 5.03 Å². The third-order valence-electron chi connectivity index (χ3n) is 7.45. The van der Waals surface area contributed by atoms with Crippen molar-refractivity contribution in [3.05, 3.63) is 71.7 Å². The Morgan fingerprint density at radius 3 is 2.40 bits per heavy atom. The predicted molar refractivity (Wildman–Crippen MR) is 154 cm³/mol. The van der Waals surface area contributed by atoms with Crippen LogP contribution in [0.2, 0.25) is 0 Å². The summed E-state index contributed by atoms with van der Waals surface area (Å²) in [6.07, 6.45) is -2.01. The molecule has 1 aromatic heterocycles. The molecule has 234 valence electrons. The number of benzene rings is 2. The van der Waals surface area contributed by atoms with Crippen LogP contribution in [0.15, 0.2) is 60.0 Å². The number of amides is 1. The molecule has 0 saturated heterocycles. The fourth-order valence-electron chi connectivity index (χ4n) is 4.90. The zero-order chi connectivity index (χ0) is 31.5.